The summed E-state index contributed by atoms with van der Waals surface area (Å²) in [4.78, 5) is 0. The van der Waals surface area contributed by atoms with Crippen molar-refractivity contribution in [2.75, 3.05) is 0 Å². The molecule has 0 aliphatic carbocycles. The first kappa shape index (κ1) is 20.0. The Balaban J connectivity index is 1.63. The molecular formula is C21H41O. The van der Waals surface area contributed by atoms with Crippen LogP contribution in [-0.4, -0.2) is 6.10 Å². The van der Waals surface area contributed by atoms with Crippen LogP contribution in [-0.2, 0) is 4.74 Å². The van der Waals surface area contributed by atoms with Crippen molar-refractivity contribution in [1.29, 1.82) is 0 Å². The van der Waals surface area contributed by atoms with Crippen molar-refractivity contribution in [1.82, 2.24) is 0 Å². The lowest BCUT2D eigenvalue weighted by Gasteiger charge is -2.32. The summed E-state index contributed by atoms with van der Waals surface area (Å²) in [6.45, 7) is 4.46. The number of rotatable bonds is 16. The van der Waals surface area contributed by atoms with Gasteiger partial charge in [-0.1, -0.05) is 103 Å². The lowest BCUT2D eigenvalue weighted by Crippen LogP contribution is -2.27. The van der Waals surface area contributed by atoms with Crippen LogP contribution in [0.2, 0.25) is 0 Å². The van der Waals surface area contributed by atoms with Gasteiger partial charge in [0.25, 0.3) is 0 Å². The zero-order valence-electron chi connectivity index (χ0n) is 15.5. The fourth-order valence-electron chi connectivity index (χ4n) is 3.45. The summed E-state index contributed by atoms with van der Waals surface area (Å²) >= 11 is 0. The van der Waals surface area contributed by atoms with Gasteiger partial charge in [-0.3, -0.25) is 0 Å². The van der Waals surface area contributed by atoms with E-state index in [4.69, 9.17) is 4.74 Å². The smallest absolute Gasteiger partial charge is 0.1000 e. The van der Waals surface area contributed by atoms with Crippen molar-refractivity contribution in [2.45, 2.75) is 129 Å². The van der Waals surface area contributed by atoms with E-state index >= 15 is 0 Å². The summed E-state index contributed by atoms with van der Waals surface area (Å²) in [5.41, 5.74) is 0. The van der Waals surface area contributed by atoms with Gasteiger partial charge in [0.15, 0.2) is 0 Å². The van der Waals surface area contributed by atoms with Crippen LogP contribution in [0.3, 0.4) is 0 Å². The molecule has 22 heavy (non-hydrogen) atoms. The van der Waals surface area contributed by atoms with Gasteiger partial charge in [-0.05, 0) is 13.3 Å². The zero-order chi connectivity index (χ0) is 15.9. The highest BCUT2D eigenvalue weighted by Crippen LogP contribution is 2.31. The monoisotopic (exact) mass is 309 g/mol. The zero-order valence-corrected chi connectivity index (χ0v) is 15.5. The van der Waals surface area contributed by atoms with E-state index in [0.717, 1.165) is 0 Å². The fourth-order valence-corrected chi connectivity index (χ4v) is 3.45. The van der Waals surface area contributed by atoms with Crippen molar-refractivity contribution in [3.63, 3.8) is 0 Å². The number of hydrogen-bond donors (Lipinski definition) is 0. The average molecular weight is 310 g/mol. The number of ether oxygens (including phenoxy) is 1. The van der Waals surface area contributed by atoms with Crippen LogP contribution < -0.4 is 0 Å². The second-order valence-corrected chi connectivity index (χ2v) is 7.37. The van der Waals surface area contributed by atoms with Gasteiger partial charge >= 0.3 is 0 Å². The molecule has 0 bridgehead atoms. The van der Waals surface area contributed by atoms with Gasteiger partial charge in [-0.2, -0.15) is 0 Å². The number of hydrogen-bond acceptors (Lipinski definition) is 1. The summed E-state index contributed by atoms with van der Waals surface area (Å²) in [5, 5.41) is 0. The second kappa shape index (κ2) is 14.5. The molecule has 1 rings (SSSR count). The van der Waals surface area contributed by atoms with E-state index in [1.165, 1.54) is 115 Å². The molecule has 1 unspecified atom stereocenters. The molecule has 0 aromatic rings. The van der Waals surface area contributed by atoms with Gasteiger partial charge < -0.3 is 4.74 Å². The van der Waals surface area contributed by atoms with Crippen LogP contribution in [0.25, 0.3) is 0 Å². The minimum Gasteiger partial charge on any atom is -0.369 e. The van der Waals surface area contributed by atoms with E-state index in [1.807, 2.05) is 0 Å². The summed E-state index contributed by atoms with van der Waals surface area (Å²) in [6.07, 6.45) is 26.0. The Bertz CT molecular complexity index is 220. The van der Waals surface area contributed by atoms with Crippen molar-refractivity contribution in [3.8, 4) is 0 Å². The average Bonchev–Trinajstić information content (AvgIpc) is 2.49. The Kier molecular flexibility index (Phi) is 13.2. The van der Waals surface area contributed by atoms with Crippen LogP contribution in [0.15, 0.2) is 0 Å². The molecular weight excluding hydrogens is 268 g/mol. The maximum atomic E-state index is 5.57. The molecule has 1 heterocycles. The molecule has 1 saturated heterocycles. The van der Waals surface area contributed by atoms with Gasteiger partial charge in [0, 0.05) is 6.42 Å². The van der Waals surface area contributed by atoms with Crippen molar-refractivity contribution in [3.05, 3.63) is 6.10 Å². The van der Waals surface area contributed by atoms with Crippen LogP contribution in [0.1, 0.15) is 123 Å². The van der Waals surface area contributed by atoms with Crippen molar-refractivity contribution in [2.24, 2.45) is 0 Å². The molecule has 1 fully saturated rings. The summed E-state index contributed by atoms with van der Waals surface area (Å²) in [7, 11) is 0. The van der Waals surface area contributed by atoms with E-state index in [0.29, 0.717) is 6.10 Å². The van der Waals surface area contributed by atoms with Crippen molar-refractivity contribution < 1.29 is 4.74 Å². The molecule has 0 spiro atoms. The van der Waals surface area contributed by atoms with Crippen LogP contribution in [0.4, 0.5) is 0 Å². The lowest BCUT2D eigenvalue weighted by atomic mass is 9.99. The molecule has 0 aromatic heterocycles. The maximum Gasteiger partial charge on any atom is 0.1000 e. The first-order valence-corrected chi connectivity index (χ1v) is 10.3. The third-order valence-electron chi connectivity index (χ3n) is 4.94. The molecule has 1 aliphatic rings. The summed E-state index contributed by atoms with van der Waals surface area (Å²) < 4.78 is 5.57. The van der Waals surface area contributed by atoms with Crippen LogP contribution in [0, 0.1) is 6.10 Å². The van der Waals surface area contributed by atoms with E-state index < -0.39 is 0 Å². The molecule has 131 valence electrons. The predicted molar refractivity (Wildman–Crippen MR) is 98.0 cm³/mol. The van der Waals surface area contributed by atoms with E-state index in [2.05, 4.69) is 13.8 Å². The third kappa shape index (κ3) is 11.5. The normalized spacial score (nSPS) is 18.5. The Morgan fingerprint density at radius 2 is 1.05 bits per heavy atom. The van der Waals surface area contributed by atoms with Gasteiger partial charge in [0.2, 0.25) is 0 Å². The minimum absolute atomic E-state index is 0.506. The molecule has 1 atom stereocenters. The van der Waals surface area contributed by atoms with Crippen LogP contribution >= 0.6 is 0 Å². The third-order valence-corrected chi connectivity index (χ3v) is 4.94. The first-order valence-electron chi connectivity index (χ1n) is 10.3. The molecule has 1 radical (unpaired) electrons. The Labute approximate surface area is 140 Å². The predicted octanol–water partition coefficient (Wildman–Crippen LogP) is 7.59. The highest BCUT2D eigenvalue weighted by atomic mass is 16.5. The molecule has 0 aromatic carbocycles. The minimum atomic E-state index is 0.506. The largest absolute Gasteiger partial charge is 0.369 e. The maximum absolute atomic E-state index is 5.57. The summed E-state index contributed by atoms with van der Waals surface area (Å²) in [6, 6.07) is 0. The highest BCUT2D eigenvalue weighted by molar-refractivity contribution is 4.90. The van der Waals surface area contributed by atoms with Gasteiger partial charge in [-0.15, -0.1) is 0 Å². The topological polar surface area (TPSA) is 9.23 Å². The van der Waals surface area contributed by atoms with Crippen LogP contribution in [0.5, 0.6) is 0 Å². The first-order chi connectivity index (χ1) is 10.8. The lowest BCUT2D eigenvalue weighted by molar-refractivity contribution is -0.0368. The Hall–Kier alpha value is -0.0400. The van der Waals surface area contributed by atoms with E-state index in [1.54, 1.807) is 0 Å². The highest BCUT2D eigenvalue weighted by Gasteiger charge is 2.26. The molecule has 1 heteroatoms. The fraction of sp³-hybridized carbons (Fsp3) is 0.952. The van der Waals surface area contributed by atoms with Crippen molar-refractivity contribution >= 4 is 0 Å². The quantitative estimate of drug-likeness (QED) is 0.267. The standard InChI is InChI=1S/C21H41O/c1-3-4-5-6-7-8-9-10-11-12-13-14-15-16-17-18-21-19-20(2)22-21/h20H,3-19H2,1-2H3. The van der Waals surface area contributed by atoms with E-state index in [9.17, 15) is 0 Å². The van der Waals surface area contributed by atoms with Gasteiger partial charge in [-0.25, -0.2) is 0 Å². The molecule has 0 amide bonds. The molecule has 0 saturated carbocycles. The summed E-state index contributed by atoms with van der Waals surface area (Å²) in [5.74, 6) is 0. The van der Waals surface area contributed by atoms with Gasteiger partial charge in [0.05, 0.1) is 12.2 Å². The molecule has 1 nitrogen and oxygen atoms in total. The number of unbranched alkanes of at least 4 members (excludes halogenated alkanes) is 14. The Morgan fingerprint density at radius 1 is 0.682 bits per heavy atom. The molecule has 0 N–H and O–H groups in total. The second-order valence-electron chi connectivity index (χ2n) is 7.37. The van der Waals surface area contributed by atoms with Gasteiger partial charge in [0.1, 0.15) is 0 Å². The Morgan fingerprint density at radius 3 is 1.41 bits per heavy atom. The SMILES string of the molecule is CCCCCCCCCCCCCCCCC[C]1CC(C)O1. The molecule has 1 aliphatic heterocycles. The van der Waals surface area contributed by atoms with E-state index in [-0.39, 0.29) is 0 Å².